The van der Waals surface area contributed by atoms with Crippen molar-refractivity contribution >= 4 is 5.78 Å². The van der Waals surface area contributed by atoms with Crippen molar-refractivity contribution in [3.63, 3.8) is 0 Å². The zero-order valence-corrected chi connectivity index (χ0v) is 12.3. The lowest BCUT2D eigenvalue weighted by Gasteiger charge is -2.15. The Balaban J connectivity index is 1.50. The predicted molar refractivity (Wildman–Crippen MR) is 81.2 cm³/mol. The largest absolute Gasteiger partial charge is 0.302 e. The summed E-state index contributed by atoms with van der Waals surface area (Å²) in [7, 11) is 0. The molecule has 2 aromatic rings. The molecule has 0 N–H and O–H groups in total. The van der Waals surface area contributed by atoms with E-state index in [-0.39, 0.29) is 11.6 Å². The van der Waals surface area contributed by atoms with Gasteiger partial charge in [-0.3, -0.25) is 14.8 Å². The lowest BCUT2D eigenvalue weighted by atomic mass is 10.1. The van der Waals surface area contributed by atoms with Crippen LogP contribution in [-0.2, 0) is 0 Å². The third-order valence-electron chi connectivity index (χ3n) is 4.10. The van der Waals surface area contributed by atoms with Crippen LogP contribution in [0, 0.1) is 5.82 Å². The van der Waals surface area contributed by atoms with Gasteiger partial charge in [0.25, 0.3) is 0 Å². The first-order chi connectivity index (χ1) is 10.7. The number of halogens is 1. The Hall–Kier alpha value is -2.14. The van der Waals surface area contributed by atoms with E-state index in [2.05, 4.69) is 14.9 Å². The van der Waals surface area contributed by atoms with Gasteiger partial charge in [-0.05, 0) is 37.2 Å². The molecule has 0 saturated carbocycles. The molecule has 0 spiro atoms. The van der Waals surface area contributed by atoms with Crippen LogP contribution in [0.5, 0.6) is 0 Å². The molecule has 114 valence electrons. The minimum Gasteiger partial charge on any atom is -0.302 e. The number of benzene rings is 1. The maximum absolute atomic E-state index is 12.9. The van der Waals surface area contributed by atoms with Gasteiger partial charge in [-0.25, -0.2) is 4.39 Å². The number of ketones is 1. The van der Waals surface area contributed by atoms with Gasteiger partial charge in [-0.15, -0.1) is 0 Å². The molecular formula is C17H18FN3O. The number of carbonyl (C=O) groups excluding carboxylic acids is 1. The molecule has 2 heterocycles. The first-order valence-corrected chi connectivity index (χ1v) is 7.49. The molecular weight excluding hydrogens is 281 g/mol. The van der Waals surface area contributed by atoms with Crippen LogP contribution in [0.1, 0.15) is 34.8 Å². The third kappa shape index (κ3) is 3.54. The summed E-state index contributed by atoms with van der Waals surface area (Å²) in [5.74, 6) is 0.139. The second-order valence-electron chi connectivity index (χ2n) is 5.60. The fraction of sp³-hybridized carbons (Fsp3) is 0.353. The highest BCUT2D eigenvalue weighted by Gasteiger charge is 2.25. The maximum Gasteiger partial charge on any atom is 0.164 e. The lowest BCUT2D eigenvalue weighted by molar-refractivity contribution is 0.0968. The van der Waals surface area contributed by atoms with Gasteiger partial charge in [-0.2, -0.15) is 0 Å². The Morgan fingerprint density at radius 1 is 1.27 bits per heavy atom. The van der Waals surface area contributed by atoms with Crippen molar-refractivity contribution in [2.75, 3.05) is 19.6 Å². The van der Waals surface area contributed by atoms with E-state index in [9.17, 15) is 9.18 Å². The zero-order valence-electron chi connectivity index (χ0n) is 12.3. The molecule has 5 heteroatoms. The predicted octanol–water partition coefficient (Wildman–Crippen LogP) is 2.68. The Morgan fingerprint density at radius 2 is 2.09 bits per heavy atom. The number of likely N-dealkylation sites (tertiary alicyclic amines) is 1. The summed E-state index contributed by atoms with van der Waals surface area (Å²) in [6, 6.07) is 5.74. The van der Waals surface area contributed by atoms with Gasteiger partial charge in [-0.1, -0.05) is 0 Å². The first-order valence-electron chi connectivity index (χ1n) is 7.49. The molecule has 1 unspecified atom stereocenters. The van der Waals surface area contributed by atoms with Gasteiger partial charge in [0, 0.05) is 49.6 Å². The number of nitrogens with zero attached hydrogens (tertiary/aromatic N) is 3. The number of hydrogen-bond donors (Lipinski definition) is 0. The average Bonchev–Trinajstić information content (AvgIpc) is 3.03. The van der Waals surface area contributed by atoms with Gasteiger partial charge in [0.05, 0.1) is 5.69 Å². The summed E-state index contributed by atoms with van der Waals surface area (Å²) in [4.78, 5) is 22.8. The highest BCUT2D eigenvalue weighted by Crippen LogP contribution is 2.25. The van der Waals surface area contributed by atoms with Crippen molar-refractivity contribution in [3.8, 4) is 0 Å². The number of hydrogen-bond acceptors (Lipinski definition) is 4. The van der Waals surface area contributed by atoms with Crippen LogP contribution in [0.25, 0.3) is 0 Å². The van der Waals surface area contributed by atoms with Crippen LogP contribution in [0.4, 0.5) is 4.39 Å². The third-order valence-corrected chi connectivity index (χ3v) is 4.10. The van der Waals surface area contributed by atoms with E-state index in [0.29, 0.717) is 17.9 Å². The minimum atomic E-state index is -0.317. The van der Waals surface area contributed by atoms with Gasteiger partial charge in [0.15, 0.2) is 5.78 Å². The van der Waals surface area contributed by atoms with Crippen molar-refractivity contribution in [3.05, 3.63) is 59.9 Å². The highest BCUT2D eigenvalue weighted by molar-refractivity contribution is 5.96. The summed E-state index contributed by atoms with van der Waals surface area (Å²) in [5.41, 5.74) is 1.60. The molecule has 1 aromatic heterocycles. The van der Waals surface area contributed by atoms with Crippen molar-refractivity contribution in [2.45, 2.75) is 18.8 Å². The number of carbonyl (C=O) groups is 1. The van der Waals surface area contributed by atoms with Crippen LogP contribution >= 0.6 is 0 Å². The average molecular weight is 299 g/mol. The number of aromatic nitrogens is 2. The topological polar surface area (TPSA) is 46.1 Å². The molecule has 0 radical (unpaired) electrons. The lowest BCUT2D eigenvalue weighted by Crippen LogP contribution is -2.23. The molecule has 1 aliphatic rings. The van der Waals surface area contributed by atoms with Gasteiger partial charge in [0.1, 0.15) is 5.82 Å². The van der Waals surface area contributed by atoms with Crippen LogP contribution in [0.2, 0.25) is 0 Å². The zero-order chi connectivity index (χ0) is 15.4. The molecule has 4 nitrogen and oxygen atoms in total. The summed E-state index contributed by atoms with van der Waals surface area (Å²) < 4.78 is 12.9. The SMILES string of the molecule is O=C(CCN1CCC(c2cnccn2)C1)c1ccc(F)cc1. The van der Waals surface area contributed by atoms with Crippen molar-refractivity contribution in [1.82, 2.24) is 14.9 Å². The summed E-state index contributed by atoms with van der Waals surface area (Å²) >= 11 is 0. The molecule has 1 atom stereocenters. The van der Waals surface area contributed by atoms with E-state index < -0.39 is 0 Å². The number of rotatable bonds is 5. The van der Waals surface area contributed by atoms with E-state index in [0.717, 1.165) is 31.7 Å². The molecule has 3 rings (SSSR count). The van der Waals surface area contributed by atoms with E-state index in [4.69, 9.17) is 0 Å². The van der Waals surface area contributed by atoms with Gasteiger partial charge < -0.3 is 4.90 Å². The smallest absolute Gasteiger partial charge is 0.164 e. The molecule has 1 saturated heterocycles. The quantitative estimate of drug-likeness (QED) is 0.796. The van der Waals surface area contributed by atoms with Crippen molar-refractivity contribution in [1.29, 1.82) is 0 Å². The molecule has 0 aliphatic carbocycles. The van der Waals surface area contributed by atoms with Crippen molar-refractivity contribution in [2.24, 2.45) is 0 Å². The summed E-state index contributed by atoms with van der Waals surface area (Å²) in [6.45, 7) is 2.61. The van der Waals surface area contributed by atoms with Crippen LogP contribution in [0.3, 0.4) is 0 Å². The standard InChI is InChI=1S/C17H18FN3O/c18-15-3-1-13(2-4-15)17(22)6-10-21-9-5-14(12-21)16-11-19-7-8-20-16/h1-4,7-8,11,14H,5-6,9-10,12H2. The fourth-order valence-electron chi connectivity index (χ4n) is 2.84. The fourth-order valence-corrected chi connectivity index (χ4v) is 2.84. The second kappa shape index (κ2) is 6.75. The van der Waals surface area contributed by atoms with Gasteiger partial charge in [0.2, 0.25) is 0 Å². The first kappa shape index (κ1) is 14.8. The van der Waals surface area contributed by atoms with Gasteiger partial charge >= 0.3 is 0 Å². The second-order valence-corrected chi connectivity index (χ2v) is 5.60. The molecule has 1 aliphatic heterocycles. The summed E-state index contributed by atoms with van der Waals surface area (Å²) in [5, 5.41) is 0. The molecule has 1 fully saturated rings. The molecule has 22 heavy (non-hydrogen) atoms. The van der Waals surface area contributed by atoms with Crippen LogP contribution in [0.15, 0.2) is 42.9 Å². The van der Waals surface area contributed by atoms with E-state index in [1.807, 2.05) is 6.20 Å². The molecule has 0 bridgehead atoms. The maximum atomic E-state index is 12.9. The monoisotopic (exact) mass is 299 g/mol. The molecule has 1 aromatic carbocycles. The van der Waals surface area contributed by atoms with E-state index >= 15 is 0 Å². The Kier molecular flexibility index (Phi) is 4.53. The van der Waals surface area contributed by atoms with Crippen molar-refractivity contribution < 1.29 is 9.18 Å². The van der Waals surface area contributed by atoms with E-state index in [1.165, 1.54) is 12.1 Å². The minimum absolute atomic E-state index is 0.0583. The highest BCUT2D eigenvalue weighted by atomic mass is 19.1. The van der Waals surface area contributed by atoms with Crippen LogP contribution < -0.4 is 0 Å². The Bertz CT molecular complexity index is 630. The molecule has 0 amide bonds. The summed E-state index contributed by atoms with van der Waals surface area (Å²) in [6.07, 6.45) is 6.72. The Labute approximate surface area is 129 Å². The normalized spacial score (nSPS) is 18.5. The van der Waals surface area contributed by atoms with E-state index in [1.54, 1.807) is 24.5 Å². The number of Topliss-reactive ketones (excluding diaryl/α,β-unsaturated/α-hetero) is 1. The Morgan fingerprint density at radius 3 is 2.82 bits per heavy atom. The van der Waals surface area contributed by atoms with Crippen LogP contribution in [-0.4, -0.2) is 40.3 Å².